The van der Waals surface area contributed by atoms with Crippen LogP contribution in [0.1, 0.15) is 65.2 Å². The molecule has 0 saturated heterocycles. The molecule has 4 bridgehead atoms. The van der Waals surface area contributed by atoms with Gasteiger partial charge in [-0.25, -0.2) is 0 Å². The van der Waals surface area contributed by atoms with Crippen LogP contribution in [-0.4, -0.2) is 24.2 Å². The van der Waals surface area contributed by atoms with Gasteiger partial charge in [0.05, 0.1) is 12.0 Å². The van der Waals surface area contributed by atoms with Crippen molar-refractivity contribution in [3.8, 4) is 0 Å². The number of carbonyl (C=O) groups excluding carboxylic acids is 1. The Balaban J connectivity index is 1.52. The molecule has 0 aromatic heterocycles. The molecule has 3 nitrogen and oxygen atoms in total. The summed E-state index contributed by atoms with van der Waals surface area (Å²) in [7, 11) is 0. The molecule has 5 fully saturated rings. The van der Waals surface area contributed by atoms with Gasteiger partial charge in [-0.3, -0.25) is 4.79 Å². The van der Waals surface area contributed by atoms with E-state index in [0.717, 1.165) is 38.0 Å². The Kier molecular flexibility index (Phi) is 2.70. The molecule has 2 N–H and O–H groups in total. The Morgan fingerprint density at radius 3 is 2.19 bits per heavy atom. The average molecular weight is 291 g/mol. The van der Waals surface area contributed by atoms with Crippen LogP contribution in [0.25, 0.3) is 0 Å². The smallest absolute Gasteiger partial charge is 0.226 e. The summed E-state index contributed by atoms with van der Waals surface area (Å²) in [5.74, 6) is 1.05. The van der Waals surface area contributed by atoms with Gasteiger partial charge < -0.3 is 10.4 Å². The topological polar surface area (TPSA) is 49.3 Å². The Morgan fingerprint density at radius 1 is 1.10 bits per heavy atom. The van der Waals surface area contributed by atoms with Crippen molar-refractivity contribution in [1.29, 1.82) is 0 Å². The quantitative estimate of drug-likeness (QED) is 0.837. The Morgan fingerprint density at radius 2 is 1.71 bits per heavy atom. The first kappa shape index (κ1) is 14.0. The molecule has 5 rings (SSSR count). The van der Waals surface area contributed by atoms with Crippen LogP contribution in [0, 0.1) is 27.6 Å². The number of rotatable bonds is 4. The summed E-state index contributed by atoms with van der Waals surface area (Å²) in [4.78, 5) is 13.0. The second kappa shape index (κ2) is 4.04. The molecule has 1 amide bonds. The zero-order valence-corrected chi connectivity index (χ0v) is 13.5. The van der Waals surface area contributed by atoms with Gasteiger partial charge in [-0.15, -0.1) is 0 Å². The number of nitrogens with one attached hydrogen (secondary N) is 1. The highest BCUT2D eigenvalue weighted by Crippen LogP contribution is 2.69. The Labute approximate surface area is 127 Å². The average Bonchev–Trinajstić information content (AvgIpc) is 3.12. The van der Waals surface area contributed by atoms with Crippen molar-refractivity contribution in [3.05, 3.63) is 0 Å². The van der Waals surface area contributed by atoms with Crippen molar-refractivity contribution in [1.82, 2.24) is 5.32 Å². The minimum Gasteiger partial charge on any atom is -0.396 e. The maximum absolute atomic E-state index is 13.0. The fourth-order valence-electron chi connectivity index (χ4n) is 6.72. The summed E-state index contributed by atoms with van der Waals surface area (Å²) in [6, 6.07) is 0. The standard InChI is InChI=1S/C18H29NO2/c1-15-5-13-6-16(2,8-15)10-18(7-13,9-15)14(21)19-11-17(12-20)3-4-17/h13,20H,3-12H2,1-2H3,(H,19,21). The van der Waals surface area contributed by atoms with E-state index in [-0.39, 0.29) is 17.4 Å². The molecule has 2 atom stereocenters. The molecule has 0 aromatic carbocycles. The van der Waals surface area contributed by atoms with Crippen molar-refractivity contribution in [2.24, 2.45) is 27.6 Å². The summed E-state index contributed by atoms with van der Waals surface area (Å²) < 4.78 is 0. The highest BCUT2D eigenvalue weighted by Gasteiger charge is 2.62. The van der Waals surface area contributed by atoms with E-state index >= 15 is 0 Å². The van der Waals surface area contributed by atoms with Gasteiger partial charge in [0, 0.05) is 12.0 Å². The molecule has 5 aliphatic rings. The van der Waals surface area contributed by atoms with Crippen LogP contribution in [0.2, 0.25) is 0 Å². The molecule has 0 heterocycles. The van der Waals surface area contributed by atoms with E-state index in [4.69, 9.17) is 0 Å². The van der Waals surface area contributed by atoms with E-state index in [9.17, 15) is 9.90 Å². The zero-order chi connectivity index (χ0) is 14.9. The molecule has 0 aliphatic heterocycles. The van der Waals surface area contributed by atoms with E-state index in [0.29, 0.717) is 23.3 Å². The first-order chi connectivity index (χ1) is 9.80. The van der Waals surface area contributed by atoms with Crippen molar-refractivity contribution < 1.29 is 9.90 Å². The Bertz CT molecular complexity index is 464. The highest BCUT2D eigenvalue weighted by molar-refractivity contribution is 5.83. The van der Waals surface area contributed by atoms with Gasteiger partial charge in [0.15, 0.2) is 0 Å². The third kappa shape index (κ3) is 2.15. The van der Waals surface area contributed by atoms with Gasteiger partial charge in [0.2, 0.25) is 5.91 Å². The molecule has 2 unspecified atom stereocenters. The van der Waals surface area contributed by atoms with Crippen LogP contribution in [-0.2, 0) is 4.79 Å². The number of amides is 1. The normalized spacial score (nSPS) is 49.2. The summed E-state index contributed by atoms with van der Waals surface area (Å²) in [6.07, 6.45) is 9.39. The lowest BCUT2D eigenvalue weighted by Crippen LogP contribution is -2.60. The fraction of sp³-hybridized carbons (Fsp3) is 0.944. The predicted molar refractivity (Wildman–Crippen MR) is 81.6 cm³/mol. The molecular formula is C18H29NO2. The van der Waals surface area contributed by atoms with Gasteiger partial charge in [-0.1, -0.05) is 13.8 Å². The monoisotopic (exact) mass is 291 g/mol. The molecule has 5 saturated carbocycles. The van der Waals surface area contributed by atoms with Crippen LogP contribution < -0.4 is 5.32 Å². The number of carbonyl (C=O) groups is 1. The van der Waals surface area contributed by atoms with Crippen LogP contribution in [0.4, 0.5) is 0 Å². The SMILES string of the molecule is CC12CC3CC(C)(C1)CC(C(=O)NCC1(CO)CC1)(C3)C2. The van der Waals surface area contributed by atoms with Gasteiger partial charge in [0.25, 0.3) is 0 Å². The van der Waals surface area contributed by atoms with E-state index in [1.165, 1.54) is 19.3 Å². The third-order valence-corrected chi connectivity index (χ3v) is 7.02. The van der Waals surface area contributed by atoms with Gasteiger partial charge in [0.1, 0.15) is 0 Å². The van der Waals surface area contributed by atoms with Crippen LogP contribution in [0.5, 0.6) is 0 Å². The third-order valence-electron chi connectivity index (χ3n) is 7.02. The minimum absolute atomic E-state index is 0.0196. The molecule has 118 valence electrons. The van der Waals surface area contributed by atoms with E-state index in [1.807, 2.05) is 0 Å². The summed E-state index contributed by atoms with van der Waals surface area (Å²) in [5.41, 5.74) is 0.694. The summed E-state index contributed by atoms with van der Waals surface area (Å²) in [5, 5.41) is 12.7. The summed E-state index contributed by atoms with van der Waals surface area (Å²) >= 11 is 0. The maximum atomic E-state index is 13.0. The molecule has 0 spiro atoms. The van der Waals surface area contributed by atoms with Crippen LogP contribution in [0.3, 0.4) is 0 Å². The number of hydrogen-bond acceptors (Lipinski definition) is 2. The van der Waals surface area contributed by atoms with E-state index in [2.05, 4.69) is 19.2 Å². The van der Waals surface area contributed by atoms with Crippen molar-refractivity contribution in [2.45, 2.75) is 65.2 Å². The summed E-state index contributed by atoms with van der Waals surface area (Å²) in [6.45, 7) is 5.72. The molecule has 3 heteroatoms. The second-order valence-corrected chi connectivity index (χ2v) is 9.75. The minimum atomic E-state index is -0.103. The maximum Gasteiger partial charge on any atom is 0.226 e. The van der Waals surface area contributed by atoms with E-state index in [1.54, 1.807) is 0 Å². The molecular weight excluding hydrogens is 262 g/mol. The predicted octanol–water partition coefficient (Wildman–Crippen LogP) is 2.87. The fourth-order valence-corrected chi connectivity index (χ4v) is 6.72. The van der Waals surface area contributed by atoms with Crippen molar-refractivity contribution in [2.75, 3.05) is 13.2 Å². The van der Waals surface area contributed by atoms with Crippen molar-refractivity contribution in [3.63, 3.8) is 0 Å². The van der Waals surface area contributed by atoms with Gasteiger partial charge in [-0.2, -0.15) is 0 Å². The molecule has 0 radical (unpaired) electrons. The number of aliphatic hydroxyl groups excluding tert-OH is 1. The van der Waals surface area contributed by atoms with Crippen molar-refractivity contribution >= 4 is 5.91 Å². The lowest BCUT2D eigenvalue weighted by molar-refractivity contribution is -0.170. The van der Waals surface area contributed by atoms with Gasteiger partial charge in [-0.05, 0) is 68.1 Å². The van der Waals surface area contributed by atoms with Crippen LogP contribution >= 0.6 is 0 Å². The largest absolute Gasteiger partial charge is 0.396 e. The molecule has 21 heavy (non-hydrogen) atoms. The molecule has 5 aliphatic carbocycles. The lowest BCUT2D eigenvalue weighted by Gasteiger charge is -2.64. The first-order valence-electron chi connectivity index (χ1n) is 8.69. The lowest BCUT2D eigenvalue weighted by atomic mass is 9.40. The zero-order valence-electron chi connectivity index (χ0n) is 13.5. The van der Waals surface area contributed by atoms with Crippen LogP contribution in [0.15, 0.2) is 0 Å². The van der Waals surface area contributed by atoms with Gasteiger partial charge >= 0.3 is 0 Å². The second-order valence-electron chi connectivity index (χ2n) is 9.75. The Hall–Kier alpha value is -0.570. The van der Waals surface area contributed by atoms with E-state index < -0.39 is 0 Å². The molecule has 0 aromatic rings. The number of aliphatic hydroxyl groups is 1. The first-order valence-corrected chi connectivity index (χ1v) is 8.69. The highest BCUT2D eigenvalue weighted by atomic mass is 16.3. The number of hydrogen-bond donors (Lipinski definition) is 2.